The van der Waals surface area contributed by atoms with Gasteiger partial charge in [0.15, 0.2) is 0 Å². The Labute approximate surface area is 98.4 Å². The Morgan fingerprint density at radius 1 is 1.67 bits per heavy atom. The Morgan fingerprint density at radius 2 is 2.40 bits per heavy atom. The SMILES string of the molecule is CCn1ncc(Br)c1C(O)CCCOC. The second kappa shape index (κ2) is 6.25. The summed E-state index contributed by atoms with van der Waals surface area (Å²) >= 11 is 3.39. The molecule has 0 amide bonds. The minimum Gasteiger partial charge on any atom is -0.387 e. The van der Waals surface area contributed by atoms with Gasteiger partial charge in [-0.05, 0) is 35.7 Å². The van der Waals surface area contributed by atoms with E-state index < -0.39 is 6.10 Å². The first-order valence-electron chi connectivity index (χ1n) is 5.08. The third-order valence-corrected chi connectivity index (χ3v) is 2.89. The van der Waals surface area contributed by atoms with E-state index in [0.717, 1.165) is 23.1 Å². The highest BCUT2D eigenvalue weighted by Gasteiger charge is 2.16. The summed E-state index contributed by atoms with van der Waals surface area (Å²) in [7, 11) is 1.67. The number of nitrogens with zero attached hydrogens (tertiary/aromatic N) is 2. The van der Waals surface area contributed by atoms with Gasteiger partial charge in [-0.1, -0.05) is 0 Å². The van der Waals surface area contributed by atoms with Crippen molar-refractivity contribution >= 4 is 15.9 Å². The molecule has 1 aromatic rings. The Hall–Kier alpha value is -0.390. The van der Waals surface area contributed by atoms with Gasteiger partial charge in [0.2, 0.25) is 0 Å². The van der Waals surface area contributed by atoms with Gasteiger partial charge < -0.3 is 9.84 Å². The molecule has 0 saturated heterocycles. The predicted octanol–water partition coefficient (Wildman–Crippen LogP) is 2.13. The number of aliphatic hydroxyl groups is 1. The van der Waals surface area contributed by atoms with Crippen LogP contribution in [0.25, 0.3) is 0 Å². The number of rotatable bonds is 6. The van der Waals surface area contributed by atoms with Crippen molar-refractivity contribution in [2.75, 3.05) is 13.7 Å². The molecule has 1 atom stereocenters. The van der Waals surface area contributed by atoms with Crippen LogP contribution in [-0.2, 0) is 11.3 Å². The van der Waals surface area contributed by atoms with Gasteiger partial charge in [0.25, 0.3) is 0 Å². The molecule has 1 N–H and O–H groups in total. The lowest BCUT2D eigenvalue weighted by atomic mass is 10.1. The topological polar surface area (TPSA) is 47.3 Å². The van der Waals surface area contributed by atoms with E-state index in [1.165, 1.54) is 0 Å². The molecule has 1 heterocycles. The molecule has 4 nitrogen and oxygen atoms in total. The predicted molar refractivity (Wildman–Crippen MR) is 61.7 cm³/mol. The highest BCUT2D eigenvalue weighted by atomic mass is 79.9. The van der Waals surface area contributed by atoms with Gasteiger partial charge in [-0.15, -0.1) is 0 Å². The summed E-state index contributed by atoms with van der Waals surface area (Å²) < 4.78 is 7.63. The van der Waals surface area contributed by atoms with Crippen molar-refractivity contribution in [3.8, 4) is 0 Å². The molecule has 1 aromatic heterocycles. The fourth-order valence-electron chi connectivity index (χ4n) is 1.51. The number of aryl methyl sites for hydroxylation is 1. The maximum Gasteiger partial charge on any atom is 0.0969 e. The lowest BCUT2D eigenvalue weighted by Crippen LogP contribution is -2.09. The van der Waals surface area contributed by atoms with Crippen LogP contribution < -0.4 is 0 Å². The maximum atomic E-state index is 9.98. The van der Waals surface area contributed by atoms with Crippen molar-refractivity contribution in [3.63, 3.8) is 0 Å². The summed E-state index contributed by atoms with van der Waals surface area (Å²) in [5.41, 5.74) is 0.855. The molecule has 1 rings (SSSR count). The minimum absolute atomic E-state index is 0.475. The zero-order chi connectivity index (χ0) is 11.3. The van der Waals surface area contributed by atoms with Gasteiger partial charge in [0.1, 0.15) is 0 Å². The molecule has 0 radical (unpaired) electrons. The molecule has 5 heteroatoms. The van der Waals surface area contributed by atoms with Crippen LogP contribution in [0.2, 0.25) is 0 Å². The Bertz CT molecular complexity index is 302. The van der Waals surface area contributed by atoms with Crippen LogP contribution in [0.5, 0.6) is 0 Å². The average Bonchev–Trinajstić information content (AvgIpc) is 2.59. The molecule has 0 bridgehead atoms. The number of halogens is 1. The summed E-state index contributed by atoms with van der Waals surface area (Å²) in [4.78, 5) is 0. The highest BCUT2D eigenvalue weighted by molar-refractivity contribution is 9.10. The maximum absolute atomic E-state index is 9.98. The Morgan fingerprint density at radius 3 is 3.00 bits per heavy atom. The number of hydrogen-bond donors (Lipinski definition) is 1. The van der Waals surface area contributed by atoms with Crippen molar-refractivity contribution in [1.29, 1.82) is 0 Å². The average molecular weight is 277 g/mol. The second-order valence-electron chi connectivity index (χ2n) is 3.34. The summed E-state index contributed by atoms with van der Waals surface area (Å²) in [6.45, 7) is 3.45. The summed E-state index contributed by atoms with van der Waals surface area (Å²) in [5.74, 6) is 0. The molecule has 0 fully saturated rings. The van der Waals surface area contributed by atoms with Gasteiger partial charge >= 0.3 is 0 Å². The summed E-state index contributed by atoms with van der Waals surface area (Å²) in [6.07, 6.45) is 2.78. The van der Waals surface area contributed by atoms with Crippen LogP contribution in [0, 0.1) is 0 Å². The molecule has 0 aliphatic carbocycles. The number of ether oxygens (including phenoxy) is 1. The van der Waals surface area contributed by atoms with E-state index in [1.807, 2.05) is 11.6 Å². The zero-order valence-electron chi connectivity index (χ0n) is 9.11. The standard InChI is InChI=1S/C10H17BrN2O2/c1-3-13-10(8(11)7-12-13)9(14)5-4-6-15-2/h7,9,14H,3-6H2,1-2H3. The van der Waals surface area contributed by atoms with Crippen LogP contribution in [0.4, 0.5) is 0 Å². The van der Waals surface area contributed by atoms with Crippen molar-refractivity contribution < 1.29 is 9.84 Å². The van der Waals surface area contributed by atoms with Crippen LogP contribution in [0.3, 0.4) is 0 Å². The molecule has 1 unspecified atom stereocenters. The Balaban J connectivity index is 2.63. The van der Waals surface area contributed by atoms with Crippen LogP contribution >= 0.6 is 15.9 Å². The van der Waals surface area contributed by atoms with Gasteiger partial charge in [0, 0.05) is 20.3 Å². The van der Waals surface area contributed by atoms with E-state index in [1.54, 1.807) is 13.3 Å². The molecule has 86 valence electrons. The van der Waals surface area contributed by atoms with Gasteiger partial charge in [-0.2, -0.15) is 5.10 Å². The molecule has 0 aliphatic heterocycles. The third kappa shape index (κ3) is 3.29. The first kappa shape index (κ1) is 12.7. The third-order valence-electron chi connectivity index (χ3n) is 2.27. The quantitative estimate of drug-likeness (QED) is 0.810. The smallest absolute Gasteiger partial charge is 0.0969 e. The van der Waals surface area contributed by atoms with Crippen LogP contribution in [-0.4, -0.2) is 28.6 Å². The molecule has 15 heavy (non-hydrogen) atoms. The highest BCUT2D eigenvalue weighted by Crippen LogP contribution is 2.26. The van der Waals surface area contributed by atoms with Crippen molar-refractivity contribution in [2.24, 2.45) is 0 Å². The lowest BCUT2D eigenvalue weighted by molar-refractivity contribution is 0.129. The molecule has 0 aromatic carbocycles. The molecular weight excluding hydrogens is 260 g/mol. The number of aromatic nitrogens is 2. The molecule has 0 saturated carbocycles. The zero-order valence-corrected chi connectivity index (χ0v) is 10.7. The number of methoxy groups -OCH3 is 1. The number of hydrogen-bond acceptors (Lipinski definition) is 3. The fraction of sp³-hybridized carbons (Fsp3) is 0.700. The molecule has 0 aliphatic rings. The largest absolute Gasteiger partial charge is 0.387 e. The van der Waals surface area contributed by atoms with E-state index in [2.05, 4.69) is 21.0 Å². The Kier molecular flexibility index (Phi) is 5.28. The van der Waals surface area contributed by atoms with E-state index in [0.29, 0.717) is 13.0 Å². The molecular formula is C10H17BrN2O2. The minimum atomic E-state index is -0.475. The monoisotopic (exact) mass is 276 g/mol. The first-order chi connectivity index (χ1) is 7.20. The van der Waals surface area contributed by atoms with E-state index in [9.17, 15) is 5.11 Å². The van der Waals surface area contributed by atoms with Crippen LogP contribution in [0.1, 0.15) is 31.6 Å². The van der Waals surface area contributed by atoms with Gasteiger partial charge in [-0.3, -0.25) is 4.68 Å². The van der Waals surface area contributed by atoms with E-state index >= 15 is 0 Å². The van der Waals surface area contributed by atoms with Crippen molar-refractivity contribution in [1.82, 2.24) is 9.78 Å². The normalized spacial score (nSPS) is 13.1. The number of aliphatic hydroxyl groups excluding tert-OH is 1. The van der Waals surface area contributed by atoms with E-state index in [-0.39, 0.29) is 0 Å². The summed E-state index contributed by atoms with van der Waals surface area (Å²) in [5, 5.41) is 14.1. The van der Waals surface area contributed by atoms with Gasteiger partial charge in [0.05, 0.1) is 22.5 Å². The first-order valence-corrected chi connectivity index (χ1v) is 5.88. The van der Waals surface area contributed by atoms with E-state index in [4.69, 9.17) is 4.74 Å². The van der Waals surface area contributed by atoms with Crippen molar-refractivity contribution in [3.05, 3.63) is 16.4 Å². The molecule has 0 spiro atoms. The van der Waals surface area contributed by atoms with Gasteiger partial charge in [-0.25, -0.2) is 0 Å². The second-order valence-corrected chi connectivity index (χ2v) is 4.20. The van der Waals surface area contributed by atoms with Crippen molar-refractivity contribution in [2.45, 2.75) is 32.4 Å². The summed E-state index contributed by atoms with van der Waals surface area (Å²) in [6, 6.07) is 0. The fourth-order valence-corrected chi connectivity index (χ4v) is 2.07. The lowest BCUT2D eigenvalue weighted by Gasteiger charge is -2.12. The van der Waals surface area contributed by atoms with Crippen LogP contribution in [0.15, 0.2) is 10.7 Å².